The summed E-state index contributed by atoms with van der Waals surface area (Å²) in [6.45, 7) is 6.81. The molecule has 1 N–H and O–H groups in total. The van der Waals surface area contributed by atoms with Gasteiger partial charge in [-0.25, -0.2) is 9.97 Å². The number of hydrogen-bond donors (Lipinski definition) is 1. The van der Waals surface area contributed by atoms with Crippen LogP contribution in [0.4, 0.5) is 0 Å². The molecule has 0 aliphatic heterocycles. The van der Waals surface area contributed by atoms with Crippen LogP contribution in [0.2, 0.25) is 0 Å². The molecular weight excluding hydrogens is 222 g/mol. The summed E-state index contributed by atoms with van der Waals surface area (Å²) >= 11 is 1.61. The first-order chi connectivity index (χ1) is 7.65. The third kappa shape index (κ3) is 2.68. The minimum Gasteiger partial charge on any atom is -0.438 e. The maximum absolute atomic E-state index is 5.60. The highest BCUT2D eigenvalue weighted by Crippen LogP contribution is 2.22. The molecule has 0 atom stereocenters. The van der Waals surface area contributed by atoms with E-state index in [4.69, 9.17) is 4.42 Å². The molecule has 2 aromatic rings. The van der Waals surface area contributed by atoms with Gasteiger partial charge in [0.05, 0.1) is 17.7 Å². The van der Waals surface area contributed by atoms with Crippen LogP contribution < -0.4 is 5.32 Å². The third-order valence-electron chi connectivity index (χ3n) is 2.09. The van der Waals surface area contributed by atoms with E-state index in [0.717, 1.165) is 16.5 Å². The summed E-state index contributed by atoms with van der Waals surface area (Å²) in [7, 11) is 0. The van der Waals surface area contributed by atoms with Gasteiger partial charge in [0.1, 0.15) is 5.69 Å². The van der Waals surface area contributed by atoms with Gasteiger partial charge in [-0.2, -0.15) is 0 Å². The monoisotopic (exact) mass is 237 g/mol. The van der Waals surface area contributed by atoms with Crippen LogP contribution in [0, 0.1) is 6.92 Å². The van der Waals surface area contributed by atoms with Gasteiger partial charge in [0, 0.05) is 11.4 Å². The maximum atomic E-state index is 5.60. The van der Waals surface area contributed by atoms with Gasteiger partial charge in [-0.1, -0.05) is 13.8 Å². The van der Waals surface area contributed by atoms with Gasteiger partial charge in [-0.05, 0) is 6.92 Å². The SMILES string of the molecule is Cc1nc(-c2cnc(CNC(C)C)o2)cs1. The Labute approximate surface area is 98.7 Å². The third-order valence-corrected chi connectivity index (χ3v) is 2.86. The summed E-state index contributed by atoms with van der Waals surface area (Å²) in [5, 5.41) is 6.27. The molecule has 2 heterocycles. The number of thiazole rings is 1. The molecule has 2 rings (SSSR count). The highest BCUT2D eigenvalue weighted by molar-refractivity contribution is 7.09. The van der Waals surface area contributed by atoms with E-state index in [-0.39, 0.29) is 0 Å². The van der Waals surface area contributed by atoms with E-state index in [1.165, 1.54) is 0 Å². The van der Waals surface area contributed by atoms with Crippen molar-refractivity contribution in [2.24, 2.45) is 0 Å². The van der Waals surface area contributed by atoms with Crippen LogP contribution in [-0.2, 0) is 6.54 Å². The van der Waals surface area contributed by atoms with Gasteiger partial charge < -0.3 is 9.73 Å². The minimum atomic E-state index is 0.428. The standard InChI is InChI=1S/C11H15N3OS/c1-7(2)12-5-11-13-4-10(15-11)9-6-16-8(3)14-9/h4,6-7,12H,5H2,1-3H3. The number of nitrogens with one attached hydrogen (secondary N) is 1. The lowest BCUT2D eigenvalue weighted by atomic mass is 10.4. The quantitative estimate of drug-likeness (QED) is 0.888. The van der Waals surface area contributed by atoms with E-state index >= 15 is 0 Å². The molecule has 86 valence electrons. The molecule has 0 unspecified atom stereocenters. The largest absolute Gasteiger partial charge is 0.438 e. The summed E-state index contributed by atoms with van der Waals surface area (Å²) in [5.41, 5.74) is 0.866. The first-order valence-electron chi connectivity index (χ1n) is 5.25. The predicted octanol–water partition coefficient (Wildman–Crippen LogP) is 2.60. The molecule has 0 aliphatic rings. The van der Waals surface area contributed by atoms with Crippen molar-refractivity contribution in [1.82, 2.24) is 15.3 Å². The van der Waals surface area contributed by atoms with Crippen molar-refractivity contribution >= 4 is 11.3 Å². The minimum absolute atomic E-state index is 0.428. The van der Waals surface area contributed by atoms with Crippen molar-refractivity contribution in [2.45, 2.75) is 33.4 Å². The lowest BCUT2D eigenvalue weighted by Gasteiger charge is -2.03. The molecule has 16 heavy (non-hydrogen) atoms. The van der Waals surface area contributed by atoms with E-state index in [1.807, 2.05) is 12.3 Å². The number of nitrogens with zero attached hydrogens (tertiary/aromatic N) is 2. The van der Waals surface area contributed by atoms with E-state index in [0.29, 0.717) is 18.5 Å². The van der Waals surface area contributed by atoms with Gasteiger partial charge in [0.2, 0.25) is 5.89 Å². The van der Waals surface area contributed by atoms with Gasteiger partial charge in [0.15, 0.2) is 5.76 Å². The van der Waals surface area contributed by atoms with Crippen LogP contribution in [0.3, 0.4) is 0 Å². The highest BCUT2D eigenvalue weighted by atomic mass is 32.1. The normalized spacial score (nSPS) is 11.2. The van der Waals surface area contributed by atoms with Crippen molar-refractivity contribution < 1.29 is 4.42 Å². The molecule has 4 nitrogen and oxygen atoms in total. The molecule has 0 saturated carbocycles. The first-order valence-corrected chi connectivity index (χ1v) is 6.13. The number of hydrogen-bond acceptors (Lipinski definition) is 5. The highest BCUT2D eigenvalue weighted by Gasteiger charge is 2.09. The van der Waals surface area contributed by atoms with Crippen molar-refractivity contribution in [3.63, 3.8) is 0 Å². The lowest BCUT2D eigenvalue weighted by Crippen LogP contribution is -2.21. The number of aryl methyl sites for hydroxylation is 1. The van der Waals surface area contributed by atoms with Gasteiger partial charge in [-0.3, -0.25) is 0 Å². The molecule has 0 fully saturated rings. The van der Waals surface area contributed by atoms with Crippen LogP contribution in [0.15, 0.2) is 16.0 Å². The van der Waals surface area contributed by atoms with E-state index < -0.39 is 0 Å². The summed E-state index contributed by atoms with van der Waals surface area (Å²) in [6.07, 6.45) is 1.73. The Balaban J connectivity index is 2.07. The van der Waals surface area contributed by atoms with Crippen LogP contribution in [0.25, 0.3) is 11.5 Å². The molecular formula is C11H15N3OS. The topological polar surface area (TPSA) is 51.0 Å². The summed E-state index contributed by atoms with van der Waals surface area (Å²) in [6, 6.07) is 0.428. The Kier molecular flexibility index (Phi) is 3.36. The van der Waals surface area contributed by atoms with E-state index in [1.54, 1.807) is 17.5 Å². The van der Waals surface area contributed by atoms with Crippen molar-refractivity contribution in [3.8, 4) is 11.5 Å². The van der Waals surface area contributed by atoms with Crippen molar-refractivity contribution in [1.29, 1.82) is 0 Å². The average molecular weight is 237 g/mol. The molecule has 0 bridgehead atoms. The van der Waals surface area contributed by atoms with E-state index in [2.05, 4.69) is 29.1 Å². The first kappa shape index (κ1) is 11.3. The molecule has 0 radical (unpaired) electrons. The number of rotatable bonds is 4. The number of oxazole rings is 1. The van der Waals surface area contributed by atoms with E-state index in [9.17, 15) is 0 Å². The second kappa shape index (κ2) is 4.76. The number of aromatic nitrogens is 2. The van der Waals surface area contributed by atoms with Gasteiger partial charge in [-0.15, -0.1) is 11.3 Å². The second-order valence-corrected chi connectivity index (χ2v) is 4.97. The van der Waals surface area contributed by atoms with Gasteiger partial charge >= 0.3 is 0 Å². The summed E-state index contributed by atoms with van der Waals surface area (Å²) in [4.78, 5) is 8.56. The zero-order valence-corrected chi connectivity index (χ0v) is 10.5. The lowest BCUT2D eigenvalue weighted by molar-refractivity contribution is 0.458. The predicted molar refractivity (Wildman–Crippen MR) is 64.3 cm³/mol. The van der Waals surface area contributed by atoms with Crippen LogP contribution >= 0.6 is 11.3 Å². The summed E-state index contributed by atoms with van der Waals surface area (Å²) < 4.78 is 5.60. The molecule has 0 saturated heterocycles. The fourth-order valence-electron chi connectivity index (χ4n) is 1.28. The van der Waals surface area contributed by atoms with Crippen LogP contribution in [-0.4, -0.2) is 16.0 Å². The Bertz CT molecular complexity index is 461. The Morgan fingerprint density at radius 1 is 1.50 bits per heavy atom. The molecule has 2 aromatic heterocycles. The van der Waals surface area contributed by atoms with Crippen molar-refractivity contribution in [3.05, 3.63) is 22.5 Å². The second-order valence-electron chi connectivity index (χ2n) is 3.91. The molecule has 0 amide bonds. The van der Waals surface area contributed by atoms with Crippen molar-refractivity contribution in [2.75, 3.05) is 0 Å². The molecule has 5 heteroatoms. The Hall–Kier alpha value is -1.20. The Morgan fingerprint density at radius 2 is 2.31 bits per heavy atom. The summed E-state index contributed by atoms with van der Waals surface area (Å²) in [5.74, 6) is 1.44. The fourth-order valence-corrected chi connectivity index (χ4v) is 1.88. The average Bonchev–Trinajstić information content (AvgIpc) is 2.83. The zero-order valence-electron chi connectivity index (χ0n) is 9.65. The smallest absolute Gasteiger partial charge is 0.208 e. The van der Waals surface area contributed by atoms with Crippen LogP contribution in [0.5, 0.6) is 0 Å². The fraction of sp³-hybridized carbons (Fsp3) is 0.455. The van der Waals surface area contributed by atoms with Crippen LogP contribution in [0.1, 0.15) is 24.7 Å². The molecule has 0 aliphatic carbocycles. The van der Waals surface area contributed by atoms with Gasteiger partial charge in [0.25, 0.3) is 0 Å². The zero-order chi connectivity index (χ0) is 11.5. The molecule has 0 aromatic carbocycles. The Morgan fingerprint density at radius 3 is 2.94 bits per heavy atom. The maximum Gasteiger partial charge on any atom is 0.208 e. The molecule has 0 spiro atoms.